The molecule has 2 N–H and O–H groups in total. The van der Waals surface area contributed by atoms with Crippen LogP contribution in [0.2, 0.25) is 0 Å². The first-order valence-corrected chi connectivity index (χ1v) is 7.56. The highest BCUT2D eigenvalue weighted by atomic mass is 16.4. The highest BCUT2D eigenvalue weighted by molar-refractivity contribution is 5.83. The molecule has 0 fully saturated rings. The maximum Gasteiger partial charge on any atom is 0.326 e. The van der Waals surface area contributed by atoms with Gasteiger partial charge in [0.2, 0.25) is 5.91 Å². The molecular weight excluding hydrogens is 266 g/mol. The number of rotatable bonds is 5. The number of carboxylic acid groups (broad SMARTS) is 1. The van der Waals surface area contributed by atoms with E-state index in [0.717, 1.165) is 19.3 Å². The Kier molecular flexibility index (Phi) is 4.99. The van der Waals surface area contributed by atoms with Gasteiger partial charge in [-0.1, -0.05) is 38.1 Å². The minimum absolute atomic E-state index is 0.112. The molecule has 114 valence electrons. The van der Waals surface area contributed by atoms with Crippen LogP contribution in [0.5, 0.6) is 0 Å². The Labute approximate surface area is 125 Å². The molecule has 1 aliphatic carbocycles. The van der Waals surface area contributed by atoms with Crippen molar-refractivity contribution in [2.45, 2.75) is 45.6 Å². The Morgan fingerprint density at radius 2 is 1.95 bits per heavy atom. The lowest BCUT2D eigenvalue weighted by atomic mass is 9.82. The van der Waals surface area contributed by atoms with E-state index in [0.29, 0.717) is 12.3 Å². The van der Waals surface area contributed by atoms with Crippen molar-refractivity contribution in [1.29, 1.82) is 0 Å². The van der Waals surface area contributed by atoms with Crippen molar-refractivity contribution in [3.8, 4) is 0 Å². The molecule has 0 aromatic heterocycles. The summed E-state index contributed by atoms with van der Waals surface area (Å²) in [5.41, 5.74) is 2.69. The minimum Gasteiger partial charge on any atom is -0.480 e. The SMILES string of the molecule is CC(C)[C@H](NC(=O)CC1CCc2ccccc2C1)C(=O)O. The van der Waals surface area contributed by atoms with Gasteiger partial charge in [0.05, 0.1) is 0 Å². The molecule has 0 radical (unpaired) electrons. The summed E-state index contributed by atoms with van der Waals surface area (Å²) >= 11 is 0. The van der Waals surface area contributed by atoms with E-state index >= 15 is 0 Å². The summed E-state index contributed by atoms with van der Waals surface area (Å²) in [4.78, 5) is 23.2. The van der Waals surface area contributed by atoms with Gasteiger partial charge in [-0.2, -0.15) is 0 Å². The predicted octanol–water partition coefficient (Wildman–Crippen LogP) is 2.41. The molecule has 1 aromatic rings. The van der Waals surface area contributed by atoms with Gasteiger partial charge in [-0.15, -0.1) is 0 Å². The van der Waals surface area contributed by atoms with E-state index in [1.807, 2.05) is 12.1 Å². The van der Waals surface area contributed by atoms with Crippen LogP contribution in [0.1, 0.15) is 37.8 Å². The van der Waals surface area contributed by atoms with E-state index in [2.05, 4.69) is 17.4 Å². The van der Waals surface area contributed by atoms with Crippen molar-refractivity contribution in [2.24, 2.45) is 11.8 Å². The zero-order valence-corrected chi connectivity index (χ0v) is 12.6. The van der Waals surface area contributed by atoms with Gasteiger partial charge >= 0.3 is 5.97 Å². The maximum absolute atomic E-state index is 12.1. The van der Waals surface area contributed by atoms with E-state index in [9.17, 15) is 9.59 Å². The zero-order chi connectivity index (χ0) is 15.4. The molecule has 1 aromatic carbocycles. The van der Waals surface area contributed by atoms with Gasteiger partial charge in [0.15, 0.2) is 0 Å². The van der Waals surface area contributed by atoms with Gasteiger partial charge in [0, 0.05) is 6.42 Å². The Morgan fingerprint density at radius 3 is 2.57 bits per heavy atom. The molecule has 0 bridgehead atoms. The topological polar surface area (TPSA) is 66.4 Å². The monoisotopic (exact) mass is 289 g/mol. The number of aryl methyl sites for hydroxylation is 1. The summed E-state index contributed by atoms with van der Waals surface area (Å²) in [6.45, 7) is 3.60. The minimum atomic E-state index is -0.965. The summed E-state index contributed by atoms with van der Waals surface area (Å²) in [7, 11) is 0. The molecule has 0 saturated carbocycles. The fraction of sp³-hybridized carbons (Fsp3) is 0.529. The van der Waals surface area contributed by atoms with Gasteiger partial charge in [-0.25, -0.2) is 4.79 Å². The maximum atomic E-state index is 12.1. The number of carboxylic acids is 1. The Bertz CT molecular complexity index is 525. The lowest BCUT2D eigenvalue weighted by Gasteiger charge is -2.25. The van der Waals surface area contributed by atoms with E-state index in [1.165, 1.54) is 11.1 Å². The van der Waals surface area contributed by atoms with Crippen LogP contribution < -0.4 is 5.32 Å². The third-order valence-corrected chi connectivity index (χ3v) is 4.17. The number of amides is 1. The van der Waals surface area contributed by atoms with Crippen molar-refractivity contribution in [2.75, 3.05) is 0 Å². The lowest BCUT2D eigenvalue weighted by Crippen LogP contribution is -2.45. The van der Waals surface area contributed by atoms with Crippen molar-refractivity contribution >= 4 is 11.9 Å². The lowest BCUT2D eigenvalue weighted by molar-refractivity contribution is -0.143. The zero-order valence-electron chi connectivity index (χ0n) is 12.6. The molecule has 21 heavy (non-hydrogen) atoms. The molecule has 0 spiro atoms. The van der Waals surface area contributed by atoms with Gasteiger partial charge in [-0.05, 0) is 42.2 Å². The van der Waals surface area contributed by atoms with Crippen LogP contribution in [-0.2, 0) is 22.4 Å². The smallest absolute Gasteiger partial charge is 0.326 e. The first-order chi connectivity index (χ1) is 9.97. The molecule has 4 heteroatoms. The van der Waals surface area contributed by atoms with Crippen LogP contribution in [0.15, 0.2) is 24.3 Å². The summed E-state index contributed by atoms with van der Waals surface area (Å²) in [5, 5.41) is 11.8. The molecule has 2 rings (SSSR count). The van der Waals surface area contributed by atoms with Crippen LogP contribution in [-0.4, -0.2) is 23.0 Å². The van der Waals surface area contributed by atoms with Gasteiger partial charge in [-0.3, -0.25) is 4.79 Å². The van der Waals surface area contributed by atoms with Crippen LogP contribution in [0.25, 0.3) is 0 Å². The van der Waals surface area contributed by atoms with Crippen LogP contribution in [0, 0.1) is 11.8 Å². The highest BCUT2D eigenvalue weighted by Crippen LogP contribution is 2.27. The molecular formula is C17H23NO3. The molecule has 1 unspecified atom stereocenters. The predicted molar refractivity (Wildman–Crippen MR) is 81.0 cm³/mol. The fourth-order valence-corrected chi connectivity index (χ4v) is 2.96. The van der Waals surface area contributed by atoms with Crippen molar-refractivity contribution in [3.05, 3.63) is 35.4 Å². The number of carbonyl (C=O) groups is 2. The summed E-state index contributed by atoms with van der Waals surface area (Å²) in [5.74, 6) is -0.923. The second-order valence-electron chi connectivity index (χ2n) is 6.21. The fourth-order valence-electron chi connectivity index (χ4n) is 2.96. The van der Waals surface area contributed by atoms with E-state index in [-0.39, 0.29) is 11.8 Å². The number of fused-ring (bicyclic) bond motifs is 1. The van der Waals surface area contributed by atoms with Gasteiger partial charge in [0.25, 0.3) is 0 Å². The number of benzene rings is 1. The number of hydrogen-bond acceptors (Lipinski definition) is 2. The van der Waals surface area contributed by atoms with Gasteiger partial charge in [0.1, 0.15) is 6.04 Å². The average Bonchev–Trinajstić information content (AvgIpc) is 2.44. The van der Waals surface area contributed by atoms with E-state index in [1.54, 1.807) is 13.8 Å². The third-order valence-electron chi connectivity index (χ3n) is 4.17. The summed E-state index contributed by atoms with van der Waals surface area (Å²) in [6, 6.07) is 7.54. The summed E-state index contributed by atoms with van der Waals surface area (Å²) < 4.78 is 0. The summed E-state index contributed by atoms with van der Waals surface area (Å²) in [6.07, 6.45) is 3.30. The number of nitrogens with one attached hydrogen (secondary N) is 1. The second-order valence-corrected chi connectivity index (χ2v) is 6.21. The second kappa shape index (κ2) is 6.74. The number of carbonyl (C=O) groups excluding carboxylic acids is 1. The average molecular weight is 289 g/mol. The van der Waals surface area contributed by atoms with Crippen molar-refractivity contribution in [3.63, 3.8) is 0 Å². The molecule has 0 saturated heterocycles. The largest absolute Gasteiger partial charge is 0.480 e. The molecule has 1 aliphatic rings. The molecule has 0 heterocycles. The first-order valence-electron chi connectivity index (χ1n) is 7.56. The first kappa shape index (κ1) is 15.5. The Morgan fingerprint density at radius 1 is 1.29 bits per heavy atom. The van der Waals surface area contributed by atoms with Crippen molar-refractivity contribution < 1.29 is 14.7 Å². The van der Waals surface area contributed by atoms with Crippen LogP contribution in [0.4, 0.5) is 0 Å². The van der Waals surface area contributed by atoms with Crippen LogP contribution >= 0.6 is 0 Å². The van der Waals surface area contributed by atoms with Crippen LogP contribution in [0.3, 0.4) is 0 Å². The normalized spacial score (nSPS) is 18.9. The Hall–Kier alpha value is -1.84. The molecule has 1 amide bonds. The molecule has 2 atom stereocenters. The van der Waals surface area contributed by atoms with E-state index < -0.39 is 12.0 Å². The highest BCUT2D eigenvalue weighted by Gasteiger charge is 2.26. The quantitative estimate of drug-likeness (QED) is 0.874. The van der Waals surface area contributed by atoms with Crippen molar-refractivity contribution in [1.82, 2.24) is 5.32 Å². The number of hydrogen-bond donors (Lipinski definition) is 2. The third kappa shape index (κ3) is 4.06. The van der Waals surface area contributed by atoms with Gasteiger partial charge < -0.3 is 10.4 Å². The molecule has 0 aliphatic heterocycles. The van der Waals surface area contributed by atoms with E-state index in [4.69, 9.17) is 5.11 Å². The standard InChI is InChI=1S/C17H23NO3/c1-11(2)16(17(20)21)18-15(19)10-12-7-8-13-5-3-4-6-14(13)9-12/h3-6,11-12,16H,7-10H2,1-2H3,(H,18,19)(H,20,21)/t12?,16-/m0/s1. The number of aliphatic carboxylic acids is 1. The Balaban J connectivity index is 1.91. The molecule has 4 nitrogen and oxygen atoms in total.